The molecule has 2 aromatic rings. The van der Waals surface area contributed by atoms with Crippen molar-refractivity contribution in [2.45, 2.75) is 50.3 Å². The van der Waals surface area contributed by atoms with Gasteiger partial charge < -0.3 is 9.84 Å². The van der Waals surface area contributed by atoms with Gasteiger partial charge in [0.05, 0.1) is 11.0 Å². The minimum Gasteiger partial charge on any atom is -0.508 e. The Labute approximate surface area is 183 Å². The van der Waals surface area contributed by atoms with E-state index in [1.165, 1.54) is 26.0 Å². The minimum absolute atomic E-state index is 0.105. The van der Waals surface area contributed by atoms with Gasteiger partial charge in [0.15, 0.2) is 5.92 Å². The van der Waals surface area contributed by atoms with Gasteiger partial charge in [-0.05, 0) is 56.2 Å². The number of aromatic hydroxyl groups is 1. The number of carbonyl (C=O) groups excluding carboxylic acids is 2. The van der Waals surface area contributed by atoms with E-state index in [2.05, 4.69) is 4.72 Å². The third-order valence-electron chi connectivity index (χ3n) is 4.36. The Kier molecular flexibility index (Phi) is 7.55. The van der Waals surface area contributed by atoms with Gasteiger partial charge in [0.1, 0.15) is 5.75 Å². The number of carbonyl (C=O) groups is 2. The average molecular weight is 473 g/mol. The van der Waals surface area contributed by atoms with E-state index in [0.29, 0.717) is 6.42 Å². The van der Waals surface area contributed by atoms with Crippen molar-refractivity contribution in [2.75, 3.05) is 4.72 Å². The monoisotopic (exact) mass is 473 g/mol. The third-order valence-corrected chi connectivity index (χ3v) is 5.76. The van der Waals surface area contributed by atoms with Gasteiger partial charge in [0, 0.05) is 11.3 Å². The van der Waals surface area contributed by atoms with Crippen molar-refractivity contribution in [1.82, 2.24) is 0 Å². The lowest BCUT2D eigenvalue weighted by Crippen LogP contribution is -2.35. The number of esters is 1. The fourth-order valence-electron chi connectivity index (χ4n) is 2.81. The molecule has 2 N–H and O–H groups in total. The zero-order valence-corrected chi connectivity index (χ0v) is 18.3. The second-order valence-electron chi connectivity index (χ2n) is 7.16. The zero-order chi connectivity index (χ0) is 24.3. The van der Waals surface area contributed by atoms with Gasteiger partial charge in [-0.1, -0.05) is 19.1 Å². The summed E-state index contributed by atoms with van der Waals surface area (Å²) in [5.74, 6) is -7.30. The number of hydrogen-bond donors (Lipinski definition) is 2. The third kappa shape index (κ3) is 6.00. The number of rotatable bonds is 8. The highest BCUT2D eigenvalue weighted by Crippen LogP contribution is 2.35. The molecular formula is C21H22F3NO6S. The van der Waals surface area contributed by atoms with Gasteiger partial charge in [-0.25, -0.2) is 8.42 Å². The number of ether oxygens (including phenoxy) is 1. The predicted octanol–water partition coefficient (Wildman–Crippen LogP) is 3.92. The maximum Gasteiger partial charge on any atom is 0.451 e. The SMILES string of the molecule is CCc1ccc(S(=O)(=O)Nc2ccc(O)c([C@H](C(=O)OC(C)C)C(=O)C(F)(F)F)c2)cc1. The van der Waals surface area contributed by atoms with Crippen molar-refractivity contribution in [3.8, 4) is 5.75 Å². The summed E-state index contributed by atoms with van der Waals surface area (Å²) in [7, 11) is -4.14. The number of anilines is 1. The highest BCUT2D eigenvalue weighted by atomic mass is 32.2. The van der Waals surface area contributed by atoms with E-state index >= 15 is 0 Å². The van der Waals surface area contributed by atoms with Crippen LogP contribution in [-0.2, 0) is 30.8 Å². The van der Waals surface area contributed by atoms with Crippen LogP contribution in [0.2, 0.25) is 0 Å². The maximum atomic E-state index is 13.1. The second-order valence-corrected chi connectivity index (χ2v) is 8.84. The van der Waals surface area contributed by atoms with Crippen LogP contribution < -0.4 is 4.72 Å². The summed E-state index contributed by atoms with van der Waals surface area (Å²) in [6.07, 6.45) is -5.54. The van der Waals surface area contributed by atoms with Gasteiger partial charge in [0.25, 0.3) is 15.8 Å². The molecule has 2 aromatic carbocycles. The lowest BCUT2D eigenvalue weighted by molar-refractivity contribution is -0.178. The van der Waals surface area contributed by atoms with E-state index in [9.17, 15) is 36.3 Å². The number of hydrogen-bond acceptors (Lipinski definition) is 6. The minimum atomic E-state index is -5.40. The van der Waals surface area contributed by atoms with Crippen molar-refractivity contribution < 1.29 is 41.0 Å². The van der Waals surface area contributed by atoms with Crippen LogP contribution in [-0.4, -0.2) is 37.6 Å². The Morgan fingerprint density at radius 2 is 1.69 bits per heavy atom. The number of alkyl halides is 3. The van der Waals surface area contributed by atoms with Gasteiger partial charge in [-0.2, -0.15) is 13.2 Å². The summed E-state index contributed by atoms with van der Waals surface area (Å²) >= 11 is 0. The van der Waals surface area contributed by atoms with Crippen molar-refractivity contribution in [3.05, 3.63) is 53.6 Å². The molecule has 0 aromatic heterocycles. The molecule has 7 nitrogen and oxygen atoms in total. The highest BCUT2D eigenvalue weighted by molar-refractivity contribution is 7.92. The molecular weight excluding hydrogens is 451 g/mol. The Bertz CT molecular complexity index is 1100. The molecule has 0 fully saturated rings. The molecule has 0 spiro atoms. The summed E-state index contributed by atoms with van der Waals surface area (Å²) in [6, 6.07) is 8.69. The number of phenols is 1. The van der Waals surface area contributed by atoms with E-state index in [0.717, 1.165) is 23.8 Å². The molecule has 11 heteroatoms. The topological polar surface area (TPSA) is 110 Å². The Morgan fingerprint density at radius 1 is 1.09 bits per heavy atom. The smallest absolute Gasteiger partial charge is 0.451 e. The first-order valence-corrected chi connectivity index (χ1v) is 11.0. The summed E-state index contributed by atoms with van der Waals surface area (Å²) in [6.45, 7) is 4.64. The Balaban J connectivity index is 2.48. The van der Waals surface area contributed by atoms with Crippen molar-refractivity contribution in [1.29, 1.82) is 0 Å². The number of benzene rings is 2. The second kappa shape index (κ2) is 9.60. The fourth-order valence-corrected chi connectivity index (χ4v) is 3.86. The number of halogens is 3. The van der Waals surface area contributed by atoms with Gasteiger partial charge in [-0.15, -0.1) is 0 Å². The molecule has 0 saturated heterocycles. The van der Waals surface area contributed by atoms with Crippen LogP contribution in [0.5, 0.6) is 5.75 Å². The van der Waals surface area contributed by atoms with Crippen LogP contribution in [0.3, 0.4) is 0 Å². The number of Topliss-reactive ketones (excluding diaryl/α,β-unsaturated/α-hetero) is 1. The molecule has 0 heterocycles. The molecule has 0 bridgehead atoms. The lowest BCUT2D eigenvalue weighted by atomic mass is 9.93. The number of nitrogens with one attached hydrogen (secondary N) is 1. The van der Waals surface area contributed by atoms with E-state index in [-0.39, 0.29) is 10.6 Å². The molecule has 174 valence electrons. The summed E-state index contributed by atoms with van der Waals surface area (Å²) in [5, 5.41) is 10.1. The van der Waals surface area contributed by atoms with Crippen molar-refractivity contribution in [3.63, 3.8) is 0 Å². The number of sulfonamides is 1. The Hall–Kier alpha value is -3.08. The largest absolute Gasteiger partial charge is 0.508 e. The van der Waals surface area contributed by atoms with Gasteiger partial charge in [-0.3, -0.25) is 14.3 Å². The molecule has 0 aliphatic rings. The number of ketones is 1. The molecule has 32 heavy (non-hydrogen) atoms. The number of aryl methyl sites for hydroxylation is 1. The zero-order valence-electron chi connectivity index (χ0n) is 17.4. The quantitative estimate of drug-likeness (QED) is 0.342. The fraction of sp³-hybridized carbons (Fsp3) is 0.333. The number of phenolic OH excluding ortho intramolecular Hbond substituents is 1. The summed E-state index contributed by atoms with van der Waals surface area (Å²) < 4.78 is 71.5. The van der Waals surface area contributed by atoms with E-state index in [4.69, 9.17) is 4.74 Å². The van der Waals surface area contributed by atoms with E-state index in [1.807, 2.05) is 6.92 Å². The first kappa shape index (κ1) is 25.2. The maximum absolute atomic E-state index is 13.1. The van der Waals surface area contributed by atoms with Crippen LogP contribution in [0, 0.1) is 0 Å². The van der Waals surface area contributed by atoms with Gasteiger partial charge >= 0.3 is 12.1 Å². The van der Waals surface area contributed by atoms with E-state index < -0.39 is 51.3 Å². The van der Waals surface area contributed by atoms with E-state index in [1.54, 1.807) is 12.1 Å². The molecule has 0 radical (unpaired) electrons. The first-order valence-electron chi connectivity index (χ1n) is 9.52. The van der Waals surface area contributed by atoms with Crippen molar-refractivity contribution >= 4 is 27.5 Å². The molecule has 0 saturated carbocycles. The van der Waals surface area contributed by atoms with Gasteiger partial charge in [0.2, 0.25) is 0 Å². The van der Waals surface area contributed by atoms with Crippen LogP contribution in [0.25, 0.3) is 0 Å². The van der Waals surface area contributed by atoms with Crippen LogP contribution in [0.1, 0.15) is 37.8 Å². The normalized spacial score (nSPS) is 13.0. The Morgan fingerprint density at radius 3 is 2.19 bits per heavy atom. The average Bonchev–Trinajstić information content (AvgIpc) is 2.69. The molecule has 0 aliphatic carbocycles. The molecule has 1 atom stereocenters. The van der Waals surface area contributed by atoms with Crippen LogP contribution in [0.4, 0.5) is 18.9 Å². The molecule has 0 unspecified atom stereocenters. The van der Waals surface area contributed by atoms with Crippen LogP contribution >= 0.6 is 0 Å². The first-order chi connectivity index (χ1) is 14.8. The molecule has 2 rings (SSSR count). The summed E-state index contributed by atoms with van der Waals surface area (Å²) in [4.78, 5) is 24.1. The van der Waals surface area contributed by atoms with Crippen LogP contribution in [0.15, 0.2) is 47.4 Å². The predicted molar refractivity (Wildman–Crippen MR) is 110 cm³/mol. The summed E-state index contributed by atoms with van der Waals surface area (Å²) in [5.41, 5.74) is -0.0952. The highest BCUT2D eigenvalue weighted by Gasteiger charge is 2.48. The van der Waals surface area contributed by atoms with Crippen molar-refractivity contribution in [2.24, 2.45) is 0 Å². The standard InChI is InChI=1S/C21H22F3NO6S/c1-4-13-5-8-15(9-6-13)32(29,30)25-14-7-10-17(26)16(11-14)18(19(27)21(22,23)24)20(28)31-12(2)3/h5-12,18,25-26H,4H2,1-3H3/t18-/m0/s1. The molecule has 0 aliphatic heterocycles. The lowest BCUT2D eigenvalue weighted by Gasteiger charge is -2.20. The molecule has 0 amide bonds.